The van der Waals surface area contributed by atoms with Gasteiger partial charge in [0, 0.05) is 23.8 Å². The Balaban J connectivity index is 0. The molecule has 5 atom stereocenters. The first kappa shape index (κ1) is 24.1. The number of aliphatic carboxylic acids is 2. The van der Waals surface area contributed by atoms with Gasteiger partial charge in [-0.3, -0.25) is 0 Å². The summed E-state index contributed by atoms with van der Waals surface area (Å²) < 4.78 is 32.8. The number of carboxylic acids is 2. The van der Waals surface area contributed by atoms with Crippen LogP contribution in [0.3, 0.4) is 0 Å². The van der Waals surface area contributed by atoms with Gasteiger partial charge < -0.3 is 24.4 Å². The summed E-state index contributed by atoms with van der Waals surface area (Å²) in [5, 5.41) is 20.4. The van der Waals surface area contributed by atoms with Gasteiger partial charge in [0.05, 0.1) is 15.4 Å². The third kappa shape index (κ3) is 4.44. The van der Waals surface area contributed by atoms with E-state index in [1.165, 1.54) is 0 Å². The van der Waals surface area contributed by atoms with E-state index in [1.807, 2.05) is 0 Å². The SMILES string of the molecule is O=C([O-])C1C2CC(C1C(=O)[O-])C(S(=O)(=O)[O-])C2.[Na+].[Na+].[Na+]. The zero-order valence-electron chi connectivity index (χ0n) is 11.6. The van der Waals surface area contributed by atoms with Gasteiger partial charge in [-0.2, -0.15) is 0 Å². The maximum Gasteiger partial charge on any atom is 1.00 e. The largest absolute Gasteiger partial charge is 1.00 e. The van der Waals surface area contributed by atoms with Crippen molar-refractivity contribution in [1.29, 1.82) is 0 Å². The Morgan fingerprint density at radius 3 is 1.70 bits per heavy atom. The molecule has 0 aliphatic heterocycles. The number of carboxylic acid groups (broad SMARTS) is 2. The van der Waals surface area contributed by atoms with Crippen molar-refractivity contribution >= 4 is 22.1 Å². The molecule has 0 aromatic rings. The molecule has 0 saturated heterocycles. The summed E-state index contributed by atoms with van der Waals surface area (Å²) in [6, 6.07) is 0. The maximum absolute atomic E-state index is 10.9. The standard InChI is InChI=1S/C9H12O7S.3Na/c10-8(11)6-3-1-4(7(6)9(12)13)5(2-3)17(14,15)16;;;/h3-7H,1-2H2,(H,10,11)(H,12,13)(H,14,15,16);;;/q;3*+1/p-3. The zero-order valence-corrected chi connectivity index (χ0v) is 18.4. The quantitative estimate of drug-likeness (QED) is 0.370. The smallest absolute Gasteiger partial charge is 0.748 e. The number of hydrogen-bond donors (Lipinski definition) is 0. The van der Waals surface area contributed by atoms with Crippen molar-refractivity contribution < 1.29 is 121 Å². The molecule has 2 bridgehead atoms. The molecule has 20 heavy (non-hydrogen) atoms. The number of carbonyl (C=O) groups is 2. The summed E-state index contributed by atoms with van der Waals surface area (Å²) in [7, 11) is -4.60. The molecule has 0 aromatic heterocycles. The molecule has 0 N–H and O–H groups in total. The van der Waals surface area contributed by atoms with E-state index in [0.717, 1.165) is 0 Å². The molecule has 7 nitrogen and oxygen atoms in total. The van der Waals surface area contributed by atoms with Crippen molar-refractivity contribution in [2.45, 2.75) is 18.1 Å². The summed E-state index contributed by atoms with van der Waals surface area (Å²) in [4.78, 5) is 21.7. The van der Waals surface area contributed by atoms with Crippen LogP contribution in [0.2, 0.25) is 0 Å². The molecule has 0 amide bonds. The van der Waals surface area contributed by atoms with Gasteiger partial charge in [0.15, 0.2) is 0 Å². The Morgan fingerprint density at radius 1 is 0.900 bits per heavy atom. The van der Waals surface area contributed by atoms with Gasteiger partial charge in [0.1, 0.15) is 0 Å². The van der Waals surface area contributed by atoms with Crippen molar-refractivity contribution in [3.05, 3.63) is 0 Å². The van der Waals surface area contributed by atoms with Crippen LogP contribution in [-0.2, 0) is 19.7 Å². The van der Waals surface area contributed by atoms with Gasteiger partial charge in [0.25, 0.3) is 0 Å². The van der Waals surface area contributed by atoms with Gasteiger partial charge in [-0.1, -0.05) is 0 Å². The number of fused-ring (bicyclic) bond motifs is 2. The van der Waals surface area contributed by atoms with Crippen LogP contribution in [0, 0.1) is 23.7 Å². The van der Waals surface area contributed by atoms with E-state index in [0.29, 0.717) is 0 Å². The fourth-order valence-electron chi connectivity index (χ4n) is 3.29. The molecule has 2 aliphatic rings. The molecule has 2 fully saturated rings. The molecule has 2 aliphatic carbocycles. The van der Waals surface area contributed by atoms with Crippen molar-refractivity contribution in [3.63, 3.8) is 0 Å². The summed E-state index contributed by atoms with van der Waals surface area (Å²) in [6.45, 7) is 0. The van der Waals surface area contributed by atoms with E-state index in [2.05, 4.69) is 0 Å². The van der Waals surface area contributed by atoms with Crippen LogP contribution in [0.1, 0.15) is 12.8 Å². The zero-order chi connectivity index (χ0) is 13.0. The molecule has 0 spiro atoms. The van der Waals surface area contributed by atoms with Crippen molar-refractivity contribution in [3.8, 4) is 0 Å². The van der Waals surface area contributed by atoms with Crippen LogP contribution in [0.25, 0.3) is 0 Å². The van der Waals surface area contributed by atoms with E-state index < -0.39 is 51.0 Å². The van der Waals surface area contributed by atoms with E-state index in [9.17, 15) is 32.8 Å². The van der Waals surface area contributed by atoms with E-state index >= 15 is 0 Å². The molecule has 5 unspecified atom stereocenters. The Labute approximate surface area is 182 Å². The number of carbonyl (C=O) groups excluding carboxylic acids is 2. The van der Waals surface area contributed by atoms with Gasteiger partial charge in [-0.25, -0.2) is 8.42 Å². The minimum atomic E-state index is -4.60. The minimum Gasteiger partial charge on any atom is -0.748 e. The third-order valence-electron chi connectivity index (χ3n) is 3.86. The van der Waals surface area contributed by atoms with E-state index in [4.69, 9.17) is 0 Å². The second-order valence-corrected chi connectivity index (χ2v) is 6.21. The predicted octanol–water partition coefficient (Wildman–Crippen LogP) is -12.3. The second kappa shape index (κ2) is 8.63. The summed E-state index contributed by atoms with van der Waals surface area (Å²) in [5.74, 6) is -7.42. The molecular formula is C9H9Na3O7S. The second-order valence-electron chi connectivity index (χ2n) is 4.62. The fraction of sp³-hybridized carbons (Fsp3) is 0.778. The third-order valence-corrected chi connectivity index (χ3v) is 5.14. The minimum absolute atomic E-state index is 0. The summed E-state index contributed by atoms with van der Waals surface area (Å²) in [6.07, 6.45) is 0.0162. The predicted molar refractivity (Wildman–Crippen MR) is 46.7 cm³/mol. The van der Waals surface area contributed by atoms with Crippen LogP contribution in [0.5, 0.6) is 0 Å². The van der Waals surface area contributed by atoms with Gasteiger partial charge >= 0.3 is 88.7 Å². The first-order chi connectivity index (χ1) is 7.73. The maximum atomic E-state index is 10.9. The van der Waals surface area contributed by atoms with E-state index in [-0.39, 0.29) is 102 Å². The van der Waals surface area contributed by atoms with Crippen LogP contribution < -0.4 is 98.9 Å². The Bertz CT molecular complexity index is 480. The molecule has 2 rings (SSSR count). The van der Waals surface area contributed by atoms with Crippen molar-refractivity contribution in [1.82, 2.24) is 0 Å². The Morgan fingerprint density at radius 2 is 1.35 bits per heavy atom. The van der Waals surface area contributed by atoms with E-state index in [1.54, 1.807) is 0 Å². The molecule has 11 heteroatoms. The van der Waals surface area contributed by atoms with Crippen molar-refractivity contribution in [2.75, 3.05) is 0 Å². The van der Waals surface area contributed by atoms with Gasteiger partial charge in [-0.15, -0.1) is 0 Å². The van der Waals surface area contributed by atoms with Gasteiger partial charge in [-0.05, 0) is 24.7 Å². The van der Waals surface area contributed by atoms with Crippen LogP contribution >= 0.6 is 0 Å². The van der Waals surface area contributed by atoms with Crippen molar-refractivity contribution in [2.24, 2.45) is 23.7 Å². The Kier molecular flexibility index (Phi) is 10.4. The molecule has 96 valence electrons. The number of hydrogen-bond acceptors (Lipinski definition) is 7. The van der Waals surface area contributed by atoms with Crippen LogP contribution in [0.4, 0.5) is 0 Å². The van der Waals surface area contributed by atoms with Gasteiger partial charge in [0.2, 0.25) is 0 Å². The first-order valence-electron chi connectivity index (χ1n) is 5.10. The molecule has 0 heterocycles. The van der Waals surface area contributed by atoms with Crippen LogP contribution in [0.15, 0.2) is 0 Å². The molecule has 2 saturated carbocycles. The fourth-order valence-corrected chi connectivity index (χ4v) is 4.49. The average molecular weight is 330 g/mol. The Hall–Kier alpha value is 1.85. The molecular weight excluding hydrogens is 321 g/mol. The molecule has 0 aromatic carbocycles. The van der Waals surface area contributed by atoms with Crippen LogP contribution in [-0.4, -0.2) is 30.2 Å². The monoisotopic (exact) mass is 330 g/mol. The summed E-state index contributed by atoms with van der Waals surface area (Å²) in [5.41, 5.74) is 0. The first-order valence-corrected chi connectivity index (χ1v) is 6.57. The topological polar surface area (TPSA) is 137 Å². The number of rotatable bonds is 3. The average Bonchev–Trinajstić information content (AvgIpc) is 2.71. The molecule has 0 radical (unpaired) electrons. The summed E-state index contributed by atoms with van der Waals surface area (Å²) >= 11 is 0. The normalized spacial score (nSPS) is 34.4.